The Bertz CT molecular complexity index is 269. The molecule has 0 spiro atoms. The lowest BCUT2D eigenvalue weighted by Crippen LogP contribution is -2.43. The van der Waals surface area contributed by atoms with E-state index >= 15 is 0 Å². The molecule has 0 radical (unpaired) electrons. The maximum atomic E-state index is 11.3. The zero-order valence-corrected chi connectivity index (χ0v) is 10.9. The topological polar surface area (TPSA) is 61.4 Å². The number of likely N-dealkylation sites (N-methyl/N-ethyl adjacent to an activating group) is 1. The number of halogens is 1. The maximum absolute atomic E-state index is 11.3. The second-order valence-electron chi connectivity index (χ2n) is 4.10. The van der Waals surface area contributed by atoms with Gasteiger partial charge in [0.1, 0.15) is 0 Å². The first kappa shape index (κ1) is 14.3. The molecule has 17 heavy (non-hydrogen) atoms. The summed E-state index contributed by atoms with van der Waals surface area (Å²) in [5, 5.41) is 4.89. The molecule has 0 heterocycles. The van der Waals surface area contributed by atoms with Crippen LogP contribution in [-0.4, -0.2) is 48.4 Å². The summed E-state index contributed by atoms with van der Waals surface area (Å²) < 4.78 is 0. The lowest BCUT2D eigenvalue weighted by Gasteiger charge is -2.19. The fraction of sp³-hybridized carbons (Fsp3) is 0.818. The molecule has 0 unspecified atom stereocenters. The summed E-state index contributed by atoms with van der Waals surface area (Å²) in [6.07, 6.45) is 2.68. The van der Waals surface area contributed by atoms with Crippen LogP contribution in [0.3, 0.4) is 0 Å². The Hall–Kier alpha value is -0.810. The maximum Gasteiger partial charge on any atom is 0.321 e. The van der Waals surface area contributed by atoms with Crippen molar-refractivity contribution in [3.63, 3.8) is 0 Å². The van der Waals surface area contributed by atoms with Gasteiger partial charge in [-0.05, 0) is 19.4 Å². The van der Waals surface area contributed by atoms with Crippen molar-refractivity contribution in [1.29, 1.82) is 0 Å². The number of imide groups is 1. The van der Waals surface area contributed by atoms with Crippen LogP contribution in [0.2, 0.25) is 0 Å². The molecule has 2 N–H and O–H groups in total. The van der Waals surface area contributed by atoms with E-state index in [0.717, 1.165) is 13.1 Å². The number of urea groups is 1. The summed E-state index contributed by atoms with van der Waals surface area (Å²) in [6.45, 7) is 4.50. The van der Waals surface area contributed by atoms with E-state index < -0.39 is 6.03 Å². The summed E-state index contributed by atoms with van der Waals surface area (Å²) >= 11 is 5.39. The van der Waals surface area contributed by atoms with Crippen LogP contribution in [0.1, 0.15) is 26.2 Å². The fourth-order valence-electron chi connectivity index (χ4n) is 1.67. The van der Waals surface area contributed by atoms with Gasteiger partial charge in [0.25, 0.3) is 0 Å². The number of nitrogens with one attached hydrogen (secondary N) is 2. The lowest BCUT2D eigenvalue weighted by molar-refractivity contribution is -0.119. The van der Waals surface area contributed by atoms with E-state index in [1.54, 1.807) is 0 Å². The highest BCUT2D eigenvalue weighted by molar-refractivity contribution is 6.19. The standard InChI is InChI=1S/C11H20ClN3O2/c1-2-15(9-3-4-9)8-7-13-11(17)14-10(16)5-6-12/h9H,2-8H2,1H3,(H2,13,14,16,17). The molecule has 6 heteroatoms. The van der Waals surface area contributed by atoms with Crippen LogP contribution in [0.4, 0.5) is 4.79 Å². The molecule has 0 aromatic heterocycles. The molecule has 0 aromatic rings. The first-order valence-electron chi connectivity index (χ1n) is 6.05. The van der Waals surface area contributed by atoms with Crippen molar-refractivity contribution in [2.24, 2.45) is 0 Å². The monoisotopic (exact) mass is 261 g/mol. The number of alkyl halides is 1. The van der Waals surface area contributed by atoms with Crippen LogP contribution in [0, 0.1) is 0 Å². The second kappa shape index (κ2) is 7.50. The third-order valence-electron chi connectivity index (χ3n) is 2.73. The van der Waals surface area contributed by atoms with E-state index in [9.17, 15) is 9.59 Å². The van der Waals surface area contributed by atoms with Gasteiger partial charge in [-0.2, -0.15) is 0 Å². The Labute approximate surface area is 107 Å². The molecule has 1 aliphatic carbocycles. The highest BCUT2D eigenvalue weighted by Gasteiger charge is 2.27. The molecule has 1 fully saturated rings. The smallest absolute Gasteiger partial charge is 0.321 e. The average molecular weight is 262 g/mol. The van der Waals surface area contributed by atoms with Crippen molar-refractivity contribution in [3.8, 4) is 0 Å². The third-order valence-corrected chi connectivity index (χ3v) is 2.92. The summed E-state index contributed by atoms with van der Waals surface area (Å²) in [7, 11) is 0. The van der Waals surface area contributed by atoms with E-state index in [4.69, 9.17) is 11.6 Å². The van der Waals surface area contributed by atoms with Gasteiger partial charge in [-0.3, -0.25) is 15.0 Å². The van der Waals surface area contributed by atoms with E-state index in [2.05, 4.69) is 22.5 Å². The predicted octanol–water partition coefficient (Wildman–Crippen LogP) is 0.925. The Balaban J connectivity index is 2.08. The minimum atomic E-state index is -0.438. The first-order chi connectivity index (χ1) is 8.17. The Kier molecular flexibility index (Phi) is 6.29. The van der Waals surface area contributed by atoms with Gasteiger partial charge in [0.05, 0.1) is 0 Å². The molecule has 0 saturated heterocycles. The van der Waals surface area contributed by atoms with Gasteiger partial charge in [0, 0.05) is 31.4 Å². The highest BCUT2D eigenvalue weighted by atomic mass is 35.5. The lowest BCUT2D eigenvalue weighted by atomic mass is 10.4. The molecular weight excluding hydrogens is 242 g/mol. The molecule has 1 saturated carbocycles. The average Bonchev–Trinajstić information content (AvgIpc) is 3.08. The minimum absolute atomic E-state index is 0.165. The predicted molar refractivity (Wildman–Crippen MR) is 67.1 cm³/mol. The van der Waals surface area contributed by atoms with Gasteiger partial charge in [0.2, 0.25) is 5.91 Å². The molecule has 0 atom stereocenters. The number of rotatable bonds is 7. The van der Waals surface area contributed by atoms with Gasteiger partial charge in [-0.25, -0.2) is 4.79 Å². The molecule has 5 nitrogen and oxygen atoms in total. The number of hydrogen-bond acceptors (Lipinski definition) is 3. The van der Waals surface area contributed by atoms with Crippen molar-refractivity contribution in [2.75, 3.05) is 25.5 Å². The first-order valence-corrected chi connectivity index (χ1v) is 6.58. The van der Waals surface area contributed by atoms with Crippen molar-refractivity contribution in [3.05, 3.63) is 0 Å². The SMILES string of the molecule is CCN(CCNC(=O)NC(=O)CCCl)C1CC1. The van der Waals surface area contributed by atoms with Gasteiger partial charge in [-0.15, -0.1) is 11.6 Å². The van der Waals surface area contributed by atoms with Gasteiger partial charge in [0.15, 0.2) is 0 Å². The molecule has 1 aliphatic rings. The summed E-state index contributed by atoms with van der Waals surface area (Å²) in [6, 6.07) is 0.259. The van der Waals surface area contributed by atoms with Crippen molar-refractivity contribution in [2.45, 2.75) is 32.2 Å². The number of amides is 3. The van der Waals surface area contributed by atoms with Crippen molar-refractivity contribution < 1.29 is 9.59 Å². The molecule has 0 aliphatic heterocycles. The number of hydrogen-bond donors (Lipinski definition) is 2. The second-order valence-corrected chi connectivity index (χ2v) is 4.48. The number of nitrogens with zero attached hydrogens (tertiary/aromatic N) is 1. The molecule has 3 amide bonds. The van der Waals surface area contributed by atoms with Gasteiger partial charge < -0.3 is 5.32 Å². The zero-order chi connectivity index (χ0) is 12.7. The Morgan fingerprint density at radius 1 is 1.41 bits per heavy atom. The van der Waals surface area contributed by atoms with E-state index in [0.29, 0.717) is 12.6 Å². The highest BCUT2D eigenvalue weighted by Crippen LogP contribution is 2.25. The Morgan fingerprint density at radius 3 is 2.65 bits per heavy atom. The molecule has 1 rings (SSSR count). The quantitative estimate of drug-likeness (QED) is 0.670. The van der Waals surface area contributed by atoms with Crippen LogP contribution in [0.5, 0.6) is 0 Å². The van der Waals surface area contributed by atoms with E-state index in [1.807, 2.05) is 0 Å². The van der Waals surface area contributed by atoms with Crippen molar-refractivity contribution in [1.82, 2.24) is 15.5 Å². The molecule has 0 aromatic carbocycles. The van der Waals surface area contributed by atoms with Gasteiger partial charge >= 0.3 is 6.03 Å². The van der Waals surface area contributed by atoms with Crippen LogP contribution in [0.25, 0.3) is 0 Å². The number of carbonyl (C=O) groups is 2. The fourth-order valence-corrected chi connectivity index (χ4v) is 1.84. The summed E-state index contributed by atoms with van der Waals surface area (Å²) in [4.78, 5) is 24.7. The third kappa shape index (κ3) is 5.89. The van der Waals surface area contributed by atoms with Crippen LogP contribution < -0.4 is 10.6 Å². The van der Waals surface area contributed by atoms with Crippen LogP contribution in [-0.2, 0) is 4.79 Å². The number of carbonyl (C=O) groups excluding carboxylic acids is 2. The molecule has 98 valence electrons. The summed E-state index contributed by atoms with van der Waals surface area (Å²) in [5.41, 5.74) is 0. The van der Waals surface area contributed by atoms with Gasteiger partial charge in [-0.1, -0.05) is 6.92 Å². The molecule has 0 bridgehead atoms. The van der Waals surface area contributed by atoms with E-state index in [-0.39, 0.29) is 18.2 Å². The van der Waals surface area contributed by atoms with E-state index in [1.165, 1.54) is 12.8 Å². The normalized spacial score (nSPS) is 14.8. The molecular formula is C11H20ClN3O2. The van der Waals surface area contributed by atoms with Crippen molar-refractivity contribution >= 4 is 23.5 Å². The van der Waals surface area contributed by atoms with Crippen LogP contribution in [0.15, 0.2) is 0 Å². The summed E-state index contributed by atoms with van der Waals surface area (Å²) in [5.74, 6) is -0.114. The Morgan fingerprint density at radius 2 is 2.12 bits per heavy atom. The minimum Gasteiger partial charge on any atom is -0.337 e. The zero-order valence-electron chi connectivity index (χ0n) is 10.2. The largest absolute Gasteiger partial charge is 0.337 e. The van der Waals surface area contributed by atoms with Crippen LogP contribution >= 0.6 is 11.6 Å².